The topological polar surface area (TPSA) is 495 Å². The first kappa shape index (κ1) is 56.6. The van der Waals surface area contributed by atoms with Crippen molar-refractivity contribution < 1.29 is 149 Å². The molecule has 0 aromatic carbocycles. The van der Waals surface area contributed by atoms with E-state index in [0.717, 1.165) is 6.92 Å². The molecule has 6 fully saturated rings. The maximum atomic E-state index is 12.7. The number of rotatable bonds is 16. The quantitative estimate of drug-likeness (QED) is 0.0682. The molecule has 31 heteroatoms. The van der Waals surface area contributed by atoms with Gasteiger partial charge in [-0.3, -0.25) is 4.79 Å². The lowest BCUT2D eigenvalue weighted by Crippen LogP contribution is -2.70. The van der Waals surface area contributed by atoms with Crippen LogP contribution in [0.5, 0.6) is 0 Å². The molecule has 19 N–H and O–H groups in total. The zero-order chi connectivity index (χ0) is 50.9. The third-order valence-corrected chi connectivity index (χ3v) is 12.8. The summed E-state index contributed by atoms with van der Waals surface area (Å²) in [4.78, 5) is 12.7. The van der Waals surface area contributed by atoms with Crippen molar-refractivity contribution >= 4 is 5.91 Å². The van der Waals surface area contributed by atoms with Gasteiger partial charge < -0.3 is 149 Å². The molecular weight excluding hydrogens is 950 g/mol. The Morgan fingerprint density at radius 1 is 0.377 bits per heavy atom. The summed E-state index contributed by atoms with van der Waals surface area (Å²) in [5, 5.41) is 194. The third kappa shape index (κ3) is 11.8. The van der Waals surface area contributed by atoms with Crippen LogP contribution in [0.4, 0.5) is 0 Å². The van der Waals surface area contributed by atoms with E-state index in [2.05, 4.69) is 5.32 Å². The summed E-state index contributed by atoms with van der Waals surface area (Å²) in [6, 6.07) is -1.79. The van der Waals surface area contributed by atoms with Crippen LogP contribution in [0, 0.1) is 0 Å². The van der Waals surface area contributed by atoms with E-state index >= 15 is 0 Å². The molecular formula is C38H65NO30. The predicted molar refractivity (Wildman–Crippen MR) is 209 cm³/mol. The first-order valence-corrected chi connectivity index (χ1v) is 22.0. The SMILES string of the molecule is CC(=O)NC1[C@H](O[C@@H]2C(O)[C@@H](O[C@H]3C(CO)O[C@@H](O[C@@H]4C(CO)O[C@@H](O)C(O)[C@H]4O)C(O)[C@H]3O)OC(CO)[C@@H]2O)OC(CO)[C@H](O)[C@@H]1O[C@@H]1OC(CO)[C@H](O)[C@H](O)C1O[C@@H]1OC(C)[C@@H](O)[C@H](O)C1O. The van der Waals surface area contributed by atoms with Crippen LogP contribution in [0.15, 0.2) is 0 Å². The zero-order valence-corrected chi connectivity index (χ0v) is 36.8. The minimum absolute atomic E-state index is 0.863. The van der Waals surface area contributed by atoms with Gasteiger partial charge in [0.2, 0.25) is 5.91 Å². The second-order valence-corrected chi connectivity index (χ2v) is 17.5. The molecule has 1 amide bonds. The molecule has 6 rings (SSSR count). The molecule has 0 bridgehead atoms. The molecule has 6 aliphatic heterocycles. The highest BCUT2D eigenvalue weighted by atomic mass is 16.8. The number of carbonyl (C=O) groups excluding carboxylic acids is 1. The van der Waals surface area contributed by atoms with Crippen molar-refractivity contribution in [3.63, 3.8) is 0 Å². The average Bonchev–Trinajstić information content (AvgIpc) is 3.32. The molecule has 12 unspecified atom stereocenters. The molecule has 402 valence electrons. The maximum Gasteiger partial charge on any atom is 0.217 e. The Labute approximate surface area is 390 Å². The monoisotopic (exact) mass is 1020 g/mol. The first-order chi connectivity index (χ1) is 32.6. The fourth-order valence-electron chi connectivity index (χ4n) is 8.84. The number of aliphatic hydroxyl groups is 18. The summed E-state index contributed by atoms with van der Waals surface area (Å²) >= 11 is 0. The van der Waals surface area contributed by atoms with Crippen molar-refractivity contribution in [2.45, 2.75) is 198 Å². The lowest BCUT2D eigenvalue weighted by molar-refractivity contribution is -0.393. The Hall–Kier alpha value is -1.69. The van der Waals surface area contributed by atoms with Crippen LogP contribution >= 0.6 is 0 Å². The van der Waals surface area contributed by atoms with Gasteiger partial charge in [-0.25, -0.2) is 0 Å². The Morgan fingerprint density at radius 3 is 1.33 bits per heavy atom. The van der Waals surface area contributed by atoms with Crippen molar-refractivity contribution in [1.29, 1.82) is 0 Å². The highest BCUT2D eigenvalue weighted by Crippen LogP contribution is 2.37. The Balaban J connectivity index is 1.23. The minimum atomic E-state index is -2.21. The van der Waals surface area contributed by atoms with Gasteiger partial charge in [0.15, 0.2) is 37.7 Å². The van der Waals surface area contributed by atoms with Crippen LogP contribution in [0.1, 0.15) is 13.8 Å². The number of hydrogen-bond donors (Lipinski definition) is 19. The maximum absolute atomic E-state index is 12.7. The second kappa shape index (κ2) is 24.1. The molecule has 6 heterocycles. The Kier molecular flexibility index (Phi) is 19.8. The second-order valence-electron chi connectivity index (χ2n) is 17.5. The Morgan fingerprint density at radius 2 is 0.768 bits per heavy atom. The number of amides is 1. The number of ether oxygens (including phenoxy) is 11. The zero-order valence-electron chi connectivity index (χ0n) is 36.8. The van der Waals surface area contributed by atoms with Crippen LogP contribution < -0.4 is 5.32 Å². The van der Waals surface area contributed by atoms with Gasteiger partial charge in [0.05, 0.1) is 39.1 Å². The molecule has 0 saturated carbocycles. The molecule has 6 saturated heterocycles. The number of aliphatic hydroxyl groups excluding tert-OH is 18. The van der Waals surface area contributed by atoms with Gasteiger partial charge in [0.25, 0.3) is 0 Å². The molecule has 31 nitrogen and oxygen atoms in total. The first-order valence-electron chi connectivity index (χ1n) is 22.0. The molecule has 30 atom stereocenters. The van der Waals surface area contributed by atoms with E-state index in [1.807, 2.05) is 0 Å². The number of nitrogens with one attached hydrogen (secondary N) is 1. The van der Waals surface area contributed by atoms with E-state index in [0.29, 0.717) is 0 Å². The van der Waals surface area contributed by atoms with E-state index in [1.54, 1.807) is 0 Å². The van der Waals surface area contributed by atoms with Crippen molar-refractivity contribution in [3.8, 4) is 0 Å². The van der Waals surface area contributed by atoms with Gasteiger partial charge in [0.1, 0.15) is 140 Å². The van der Waals surface area contributed by atoms with E-state index < -0.39 is 223 Å². The van der Waals surface area contributed by atoms with Crippen LogP contribution in [0.2, 0.25) is 0 Å². The molecule has 69 heavy (non-hydrogen) atoms. The fourth-order valence-corrected chi connectivity index (χ4v) is 8.84. The Bertz CT molecular complexity index is 1610. The van der Waals surface area contributed by atoms with Crippen LogP contribution in [0.3, 0.4) is 0 Å². The van der Waals surface area contributed by atoms with Gasteiger partial charge in [-0.15, -0.1) is 0 Å². The molecule has 6 aliphatic rings. The summed E-state index contributed by atoms with van der Waals surface area (Å²) in [7, 11) is 0. The van der Waals surface area contributed by atoms with Crippen LogP contribution in [0.25, 0.3) is 0 Å². The van der Waals surface area contributed by atoms with Crippen LogP contribution in [-0.4, -0.2) is 315 Å². The smallest absolute Gasteiger partial charge is 0.217 e. The van der Waals surface area contributed by atoms with Gasteiger partial charge in [-0.05, 0) is 6.92 Å². The van der Waals surface area contributed by atoms with Gasteiger partial charge in [-0.1, -0.05) is 0 Å². The summed E-state index contributed by atoms with van der Waals surface area (Å²) in [6.45, 7) is -2.55. The number of carbonyl (C=O) groups is 1. The molecule has 0 spiro atoms. The fraction of sp³-hybridized carbons (Fsp3) is 0.974. The van der Waals surface area contributed by atoms with Gasteiger partial charge in [-0.2, -0.15) is 0 Å². The van der Waals surface area contributed by atoms with Crippen LogP contribution in [-0.2, 0) is 56.9 Å². The summed E-state index contributed by atoms with van der Waals surface area (Å²) in [5.74, 6) is -0.863. The number of hydrogen-bond acceptors (Lipinski definition) is 30. The molecule has 0 aromatic heterocycles. The molecule has 0 aromatic rings. The predicted octanol–water partition coefficient (Wildman–Crippen LogP) is -12.9. The largest absolute Gasteiger partial charge is 0.394 e. The minimum Gasteiger partial charge on any atom is -0.394 e. The third-order valence-electron chi connectivity index (χ3n) is 12.8. The normalized spacial score (nSPS) is 52.1. The van der Waals surface area contributed by atoms with Gasteiger partial charge >= 0.3 is 0 Å². The lowest BCUT2D eigenvalue weighted by Gasteiger charge is -2.51. The summed E-state index contributed by atoms with van der Waals surface area (Å²) < 4.78 is 62.4. The lowest BCUT2D eigenvalue weighted by atomic mass is 9.94. The van der Waals surface area contributed by atoms with Crippen molar-refractivity contribution in [1.82, 2.24) is 5.32 Å². The standard InChI is InChI=1S/C38H65NO30/c1-8-16(46)20(50)25(55)35(59-8)69-32-21(51)17(47)10(3-40)63-38(32)67-30-15(39-9(2)45)34(61-11(4-41)18(30)48)68-31-19(49)12(5-42)62-37(27(31)57)66-29-14(7-44)64-36(26(56)23(29)53)65-28-13(6-43)60-33(58)24(54)22(28)52/h8,10-38,40-44,46-58H,3-7H2,1-2H3,(H,39,45)/t8?,10?,11?,12?,13?,14?,15?,16-,17+,18+,19+,20+,21+,22-,23-,24?,25?,26?,27?,28-,29+,30-,31+,32?,33-,34+,35+,36+,37-,38+/m1/s1. The van der Waals surface area contributed by atoms with Crippen molar-refractivity contribution in [2.24, 2.45) is 0 Å². The van der Waals surface area contributed by atoms with E-state index in [-0.39, 0.29) is 0 Å². The molecule has 0 radical (unpaired) electrons. The van der Waals surface area contributed by atoms with E-state index in [1.165, 1.54) is 6.92 Å². The summed E-state index contributed by atoms with van der Waals surface area (Å²) in [5.41, 5.74) is 0. The highest BCUT2D eigenvalue weighted by Gasteiger charge is 2.58. The summed E-state index contributed by atoms with van der Waals surface area (Å²) in [6.07, 6.45) is -54.3. The van der Waals surface area contributed by atoms with E-state index in [9.17, 15) is 96.7 Å². The van der Waals surface area contributed by atoms with Gasteiger partial charge in [0, 0.05) is 6.92 Å². The van der Waals surface area contributed by atoms with Crippen molar-refractivity contribution in [2.75, 3.05) is 33.0 Å². The van der Waals surface area contributed by atoms with Crippen molar-refractivity contribution in [3.05, 3.63) is 0 Å². The van der Waals surface area contributed by atoms with E-state index in [4.69, 9.17) is 52.1 Å². The average molecular weight is 1020 g/mol. The highest BCUT2D eigenvalue weighted by molar-refractivity contribution is 5.73. The molecule has 0 aliphatic carbocycles.